The third-order valence-electron chi connectivity index (χ3n) is 3.41. The molecule has 18 heavy (non-hydrogen) atoms. The summed E-state index contributed by atoms with van der Waals surface area (Å²) in [5.74, 6) is -0.244. The number of rotatable bonds is 5. The van der Waals surface area contributed by atoms with Crippen molar-refractivity contribution in [1.29, 1.82) is 0 Å². The lowest BCUT2D eigenvalue weighted by molar-refractivity contribution is -0.147. The van der Waals surface area contributed by atoms with Crippen LogP contribution in [0.4, 0.5) is 0 Å². The molecule has 0 aliphatic heterocycles. The van der Waals surface area contributed by atoms with Crippen LogP contribution in [0.2, 0.25) is 0 Å². The molecule has 102 valence electrons. The summed E-state index contributed by atoms with van der Waals surface area (Å²) < 4.78 is 7.04. The van der Waals surface area contributed by atoms with Crippen molar-refractivity contribution in [2.24, 2.45) is 0 Å². The Morgan fingerprint density at radius 2 is 2.06 bits per heavy atom. The molecular weight excluding hydrogens is 228 g/mol. The molecule has 0 amide bonds. The van der Waals surface area contributed by atoms with E-state index in [1.165, 1.54) is 24.1 Å². The van der Waals surface area contributed by atoms with Crippen LogP contribution in [0.5, 0.6) is 0 Å². The number of methoxy groups -OCH3 is 1. The van der Waals surface area contributed by atoms with Gasteiger partial charge >= 0.3 is 5.97 Å². The van der Waals surface area contributed by atoms with E-state index >= 15 is 0 Å². The molecule has 0 aliphatic rings. The molecule has 0 radical (unpaired) electrons. The van der Waals surface area contributed by atoms with Gasteiger partial charge in [0.05, 0.1) is 7.11 Å². The van der Waals surface area contributed by atoms with E-state index in [1.54, 1.807) is 0 Å². The fourth-order valence-electron chi connectivity index (χ4n) is 2.18. The number of carbonyl (C=O) groups excluding carboxylic acids is 1. The predicted molar refractivity (Wildman–Crippen MR) is 72.5 cm³/mol. The van der Waals surface area contributed by atoms with E-state index in [-0.39, 0.29) is 5.97 Å². The average molecular weight is 252 g/mol. The van der Waals surface area contributed by atoms with Crippen molar-refractivity contribution in [3.05, 3.63) is 23.0 Å². The van der Waals surface area contributed by atoms with Crippen LogP contribution < -0.4 is 5.32 Å². The van der Waals surface area contributed by atoms with Gasteiger partial charge in [-0.2, -0.15) is 0 Å². The number of aryl methyl sites for hydroxylation is 1. The van der Waals surface area contributed by atoms with Crippen LogP contribution >= 0.6 is 0 Å². The zero-order valence-electron chi connectivity index (χ0n) is 12.3. The van der Waals surface area contributed by atoms with Gasteiger partial charge in [0.25, 0.3) is 0 Å². The van der Waals surface area contributed by atoms with Crippen LogP contribution in [0.3, 0.4) is 0 Å². The van der Waals surface area contributed by atoms with Crippen LogP contribution in [-0.4, -0.2) is 23.2 Å². The third kappa shape index (κ3) is 2.93. The van der Waals surface area contributed by atoms with Crippen molar-refractivity contribution < 1.29 is 9.53 Å². The molecule has 1 aromatic rings. The first kappa shape index (κ1) is 14.8. The molecular formula is C14H24N2O2. The van der Waals surface area contributed by atoms with Gasteiger partial charge in [0, 0.05) is 24.5 Å². The highest BCUT2D eigenvalue weighted by molar-refractivity contribution is 5.79. The maximum atomic E-state index is 11.6. The zero-order valence-corrected chi connectivity index (χ0v) is 12.3. The van der Waals surface area contributed by atoms with Crippen LogP contribution in [0, 0.1) is 13.8 Å². The Balaban J connectivity index is 2.78. The molecule has 0 saturated heterocycles. The van der Waals surface area contributed by atoms with Crippen LogP contribution in [0.25, 0.3) is 0 Å². The minimum atomic E-state index is -0.663. The van der Waals surface area contributed by atoms with Crippen molar-refractivity contribution in [2.75, 3.05) is 7.11 Å². The summed E-state index contributed by atoms with van der Waals surface area (Å²) in [6.45, 7) is 11.6. The lowest BCUT2D eigenvalue weighted by Crippen LogP contribution is -2.47. The molecule has 0 aromatic carbocycles. The minimum Gasteiger partial charge on any atom is -0.468 e. The number of nitrogens with one attached hydrogen (secondary N) is 1. The fraction of sp³-hybridized carbons (Fsp3) is 0.643. The number of esters is 1. The Hall–Kier alpha value is -1.29. The summed E-state index contributed by atoms with van der Waals surface area (Å²) in [6.07, 6.45) is 0. The standard InChI is InChI=1S/C14H24N2O2/c1-7-16-10(2)8-12(11(16)3)9-15-14(4,5)13(17)18-6/h8,15H,7,9H2,1-6H3. The second-order valence-corrected chi connectivity index (χ2v) is 5.11. The van der Waals surface area contributed by atoms with Crippen molar-refractivity contribution in [3.63, 3.8) is 0 Å². The molecule has 0 atom stereocenters. The molecule has 1 N–H and O–H groups in total. The van der Waals surface area contributed by atoms with Gasteiger partial charge < -0.3 is 9.30 Å². The lowest BCUT2D eigenvalue weighted by Gasteiger charge is -2.23. The Kier molecular flexibility index (Phi) is 4.57. The van der Waals surface area contributed by atoms with Crippen molar-refractivity contribution in [1.82, 2.24) is 9.88 Å². The van der Waals surface area contributed by atoms with Crippen molar-refractivity contribution in [2.45, 2.75) is 53.2 Å². The number of nitrogens with zero attached hydrogens (tertiary/aromatic N) is 1. The van der Waals surface area contributed by atoms with Gasteiger partial charge in [-0.1, -0.05) is 0 Å². The van der Waals surface area contributed by atoms with Crippen molar-refractivity contribution >= 4 is 5.97 Å². The molecule has 0 aliphatic carbocycles. The smallest absolute Gasteiger partial charge is 0.325 e. The fourth-order valence-corrected chi connectivity index (χ4v) is 2.18. The highest BCUT2D eigenvalue weighted by atomic mass is 16.5. The van der Waals surface area contributed by atoms with Gasteiger partial charge in [0.2, 0.25) is 0 Å². The molecule has 1 aromatic heterocycles. The van der Waals surface area contributed by atoms with E-state index in [2.05, 4.69) is 36.7 Å². The summed E-state index contributed by atoms with van der Waals surface area (Å²) in [6, 6.07) is 2.17. The highest BCUT2D eigenvalue weighted by Gasteiger charge is 2.28. The largest absolute Gasteiger partial charge is 0.468 e. The monoisotopic (exact) mass is 252 g/mol. The highest BCUT2D eigenvalue weighted by Crippen LogP contribution is 2.16. The predicted octanol–water partition coefficient (Wildman–Crippen LogP) is 2.17. The second kappa shape index (κ2) is 5.57. The zero-order chi connectivity index (χ0) is 13.9. The molecule has 0 saturated carbocycles. The molecule has 0 fully saturated rings. The van der Waals surface area contributed by atoms with Crippen LogP contribution in [0.1, 0.15) is 37.7 Å². The summed E-state index contributed by atoms with van der Waals surface area (Å²) in [7, 11) is 1.41. The maximum absolute atomic E-state index is 11.6. The minimum absolute atomic E-state index is 0.244. The topological polar surface area (TPSA) is 43.3 Å². The van der Waals surface area contributed by atoms with Gasteiger partial charge in [-0.05, 0) is 46.2 Å². The molecule has 0 spiro atoms. The molecule has 0 unspecified atom stereocenters. The average Bonchev–Trinajstić information content (AvgIpc) is 2.60. The molecule has 0 bridgehead atoms. The van der Waals surface area contributed by atoms with E-state index < -0.39 is 5.54 Å². The van der Waals surface area contributed by atoms with E-state index in [9.17, 15) is 4.79 Å². The van der Waals surface area contributed by atoms with E-state index in [4.69, 9.17) is 4.74 Å². The Morgan fingerprint density at radius 3 is 2.50 bits per heavy atom. The number of aromatic nitrogens is 1. The van der Waals surface area contributed by atoms with Gasteiger partial charge in [-0.25, -0.2) is 0 Å². The van der Waals surface area contributed by atoms with Gasteiger partial charge in [-0.15, -0.1) is 0 Å². The van der Waals surface area contributed by atoms with E-state index in [1.807, 2.05) is 13.8 Å². The Morgan fingerprint density at radius 1 is 1.44 bits per heavy atom. The molecule has 4 heteroatoms. The number of hydrogen-bond acceptors (Lipinski definition) is 3. The molecule has 1 heterocycles. The normalized spacial score (nSPS) is 11.7. The van der Waals surface area contributed by atoms with E-state index in [0.29, 0.717) is 6.54 Å². The van der Waals surface area contributed by atoms with Gasteiger partial charge in [0.15, 0.2) is 0 Å². The first-order chi connectivity index (χ1) is 8.33. The first-order valence-corrected chi connectivity index (χ1v) is 6.32. The van der Waals surface area contributed by atoms with Gasteiger partial charge in [-0.3, -0.25) is 10.1 Å². The van der Waals surface area contributed by atoms with Gasteiger partial charge in [0.1, 0.15) is 5.54 Å². The second-order valence-electron chi connectivity index (χ2n) is 5.11. The summed E-state index contributed by atoms with van der Waals surface area (Å²) in [5, 5.41) is 3.24. The maximum Gasteiger partial charge on any atom is 0.325 e. The summed E-state index contributed by atoms with van der Waals surface area (Å²) in [4.78, 5) is 11.6. The quantitative estimate of drug-likeness (QED) is 0.817. The van der Waals surface area contributed by atoms with Crippen molar-refractivity contribution in [3.8, 4) is 0 Å². The Bertz CT molecular complexity index is 433. The first-order valence-electron chi connectivity index (χ1n) is 6.32. The Labute approximate surface area is 109 Å². The molecule has 4 nitrogen and oxygen atoms in total. The SMILES string of the molecule is CCn1c(C)cc(CNC(C)(C)C(=O)OC)c1C. The summed E-state index contributed by atoms with van der Waals surface area (Å²) in [5.41, 5.74) is 3.07. The van der Waals surface area contributed by atoms with E-state index in [0.717, 1.165) is 6.54 Å². The summed E-state index contributed by atoms with van der Waals surface area (Å²) >= 11 is 0. The third-order valence-corrected chi connectivity index (χ3v) is 3.41. The number of carbonyl (C=O) groups is 1. The number of hydrogen-bond donors (Lipinski definition) is 1. The number of ether oxygens (including phenoxy) is 1. The van der Waals surface area contributed by atoms with Crippen LogP contribution in [-0.2, 0) is 22.6 Å². The molecule has 1 rings (SSSR count). The lowest BCUT2D eigenvalue weighted by atomic mass is 10.1. The van der Waals surface area contributed by atoms with Crippen LogP contribution in [0.15, 0.2) is 6.07 Å².